The quantitative estimate of drug-likeness (QED) is 0.265. The average Bonchev–Trinajstić information content (AvgIpc) is 3.59. The van der Waals surface area contributed by atoms with Crippen LogP contribution in [0.3, 0.4) is 0 Å². The summed E-state index contributed by atoms with van der Waals surface area (Å²) in [6.45, 7) is 3.49. The number of rotatable bonds is 6. The van der Waals surface area contributed by atoms with Gasteiger partial charge >= 0.3 is 6.18 Å². The number of aromatic nitrogens is 5. The molecule has 0 bridgehead atoms. The fourth-order valence-electron chi connectivity index (χ4n) is 4.72. The lowest BCUT2D eigenvalue weighted by Crippen LogP contribution is -2.34. The Morgan fingerprint density at radius 1 is 1.17 bits per heavy atom. The van der Waals surface area contributed by atoms with Crippen LogP contribution in [0.1, 0.15) is 57.6 Å². The van der Waals surface area contributed by atoms with Gasteiger partial charge in [0.25, 0.3) is 0 Å². The third-order valence-electron chi connectivity index (χ3n) is 6.94. The first kappa shape index (κ1) is 30.0. The smallest absolute Gasteiger partial charge is 0.416 e. The number of fused-ring (bicyclic) bond motifs is 1. The summed E-state index contributed by atoms with van der Waals surface area (Å²) < 4.78 is 46.4. The molecule has 2 fully saturated rings. The maximum atomic E-state index is 12.9. The summed E-state index contributed by atoms with van der Waals surface area (Å²) in [5, 5.41) is 18.9. The second kappa shape index (κ2) is 14.1. The maximum absolute atomic E-state index is 12.9. The standard InChI is InChI=1S/C14H19F3N2O.C13H13N5.C2H3N.H2/c1-18-9-10-6-11(14(15,16)17)8-13(7-10)20-12-2-4-19-5-3-12;1-2-10(3-1)18-7-9(6-17-18)12-11-4-5-14-13(11)16-8-15-12;1-2-3;/h6-8,12,18-19H,2-5,9H2,1H3;4-8,10H,1-3H2,(H,14,15,16);1H3;1H. The Morgan fingerprint density at radius 2 is 1.93 bits per heavy atom. The van der Waals surface area contributed by atoms with Crippen molar-refractivity contribution in [2.24, 2.45) is 0 Å². The van der Waals surface area contributed by atoms with Gasteiger partial charge in [-0.1, -0.05) is 0 Å². The number of H-pyrrole nitrogens is 1. The number of nitriles is 1. The van der Waals surface area contributed by atoms with Crippen molar-refractivity contribution >= 4 is 11.0 Å². The molecule has 3 N–H and O–H groups in total. The summed E-state index contributed by atoms with van der Waals surface area (Å²) >= 11 is 0. The minimum Gasteiger partial charge on any atom is -0.490 e. The molecule has 1 saturated heterocycles. The van der Waals surface area contributed by atoms with Crippen LogP contribution in [0.2, 0.25) is 0 Å². The maximum Gasteiger partial charge on any atom is 0.416 e. The first-order valence-electron chi connectivity index (χ1n) is 13.7. The fraction of sp³-hybridized carbons (Fsp3) is 0.448. The number of hydrogen-bond acceptors (Lipinski definition) is 7. The van der Waals surface area contributed by atoms with Gasteiger partial charge in [-0.05, 0) is 82.1 Å². The van der Waals surface area contributed by atoms with E-state index in [1.165, 1.54) is 26.2 Å². The van der Waals surface area contributed by atoms with Crippen LogP contribution in [0, 0.1) is 11.3 Å². The zero-order valence-electron chi connectivity index (χ0n) is 23.2. The highest BCUT2D eigenvalue weighted by Gasteiger charge is 2.31. The Hall–Kier alpha value is -3.95. The molecule has 0 radical (unpaired) electrons. The van der Waals surface area contributed by atoms with E-state index in [0.717, 1.165) is 60.4 Å². The van der Waals surface area contributed by atoms with Crippen molar-refractivity contribution in [3.8, 4) is 23.1 Å². The molecule has 1 aliphatic heterocycles. The molecular weight excluding hydrogens is 533 g/mol. The predicted molar refractivity (Wildman–Crippen MR) is 152 cm³/mol. The highest BCUT2D eigenvalue weighted by atomic mass is 19.4. The van der Waals surface area contributed by atoms with Gasteiger partial charge in [-0.2, -0.15) is 23.5 Å². The summed E-state index contributed by atoms with van der Waals surface area (Å²) in [5.41, 5.74) is 2.80. The van der Waals surface area contributed by atoms with E-state index in [9.17, 15) is 13.2 Å². The van der Waals surface area contributed by atoms with Gasteiger partial charge in [-0.25, -0.2) is 9.97 Å². The number of halogens is 3. The average molecular weight is 571 g/mol. The van der Waals surface area contributed by atoms with E-state index in [4.69, 9.17) is 10.00 Å². The van der Waals surface area contributed by atoms with Crippen molar-refractivity contribution in [3.63, 3.8) is 0 Å². The number of alkyl halides is 3. The SMILES string of the molecule is CC#N.CNCc1cc(OC2CCNCC2)cc(C(F)(F)F)c1.[HH].c1nc(-c2cnn(C3CCC3)c2)c2cc[nH]c2n1. The first-order chi connectivity index (χ1) is 19.8. The third kappa shape index (κ3) is 8.05. The van der Waals surface area contributed by atoms with Crippen LogP contribution in [-0.4, -0.2) is 51.0 Å². The number of aromatic amines is 1. The third-order valence-corrected chi connectivity index (χ3v) is 6.94. The van der Waals surface area contributed by atoms with E-state index in [1.807, 2.05) is 18.5 Å². The molecule has 220 valence electrons. The Balaban J connectivity index is 0.000000207. The van der Waals surface area contributed by atoms with E-state index >= 15 is 0 Å². The van der Waals surface area contributed by atoms with Crippen molar-refractivity contribution in [1.82, 2.24) is 35.4 Å². The molecular formula is C29H37F3N8O. The zero-order chi connectivity index (χ0) is 29.2. The fourth-order valence-corrected chi connectivity index (χ4v) is 4.72. The summed E-state index contributed by atoms with van der Waals surface area (Å²) in [7, 11) is 1.70. The lowest BCUT2D eigenvalue weighted by Gasteiger charge is -2.25. The van der Waals surface area contributed by atoms with Crippen LogP contribution in [0.25, 0.3) is 22.3 Å². The summed E-state index contributed by atoms with van der Waals surface area (Å²) in [6.07, 6.45) is 8.54. The number of benzene rings is 1. The largest absolute Gasteiger partial charge is 0.490 e. The molecule has 0 atom stereocenters. The molecule has 12 heteroatoms. The van der Waals surface area contributed by atoms with E-state index in [2.05, 4.69) is 41.6 Å². The molecule has 6 rings (SSSR count). The molecule has 3 aromatic heterocycles. The molecule has 2 aliphatic rings. The summed E-state index contributed by atoms with van der Waals surface area (Å²) in [4.78, 5) is 11.7. The second-order valence-corrected chi connectivity index (χ2v) is 9.94. The molecule has 0 spiro atoms. The van der Waals surface area contributed by atoms with Gasteiger partial charge in [0, 0.05) is 38.2 Å². The van der Waals surface area contributed by atoms with Crippen LogP contribution in [0.5, 0.6) is 5.75 Å². The molecule has 1 saturated carbocycles. The van der Waals surface area contributed by atoms with Crippen LogP contribution in [0.4, 0.5) is 13.2 Å². The highest BCUT2D eigenvalue weighted by Crippen LogP contribution is 2.34. The first-order valence-corrected chi connectivity index (χ1v) is 13.7. The normalized spacial score (nSPS) is 15.6. The van der Waals surface area contributed by atoms with Crippen molar-refractivity contribution in [3.05, 3.63) is 60.3 Å². The van der Waals surface area contributed by atoms with Crippen molar-refractivity contribution in [2.75, 3.05) is 20.1 Å². The Morgan fingerprint density at radius 3 is 2.59 bits per heavy atom. The molecule has 9 nitrogen and oxygen atoms in total. The lowest BCUT2D eigenvalue weighted by molar-refractivity contribution is -0.137. The monoisotopic (exact) mass is 570 g/mol. The van der Waals surface area contributed by atoms with Gasteiger partial charge in [0.2, 0.25) is 0 Å². The Kier molecular flexibility index (Phi) is 10.3. The number of nitrogens with one attached hydrogen (secondary N) is 3. The number of hydrogen-bond donors (Lipinski definition) is 3. The number of ether oxygens (including phenoxy) is 1. The highest BCUT2D eigenvalue weighted by molar-refractivity contribution is 5.89. The molecule has 0 unspecified atom stereocenters. The van der Waals surface area contributed by atoms with Crippen LogP contribution in [0.15, 0.2) is 49.2 Å². The van der Waals surface area contributed by atoms with Crippen LogP contribution >= 0.6 is 0 Å². The van der Waals surface area contributed by atoms with Crippen LogP contribution in [-0.2, 0) is 12.7 Å². The molecule has 41 heavy (non-hydrogen) atoms. The predicted octanol–water partition coefficient (Wildman–Crippen LogP) is 5.88. The van der Waals surface area contributed by atoms with Gasteiger partial charge in [0.05, 0.1) is 29.6 Å². The van der Waals surface area contributed by atoms with Crippen molar-refractivity contribution in [1.29, 1.82) is 5.26 Å². The molecule has 4 heterocycles. The number of piperidine rings is 1. The van der Waals surface area contributed by atoms with Crippen molar-refractivity contribution < 1.29 is 19.3 Å². The van der Waals surface area contributed by atoms with Crippen molar-refractivity contribution in [2.45, 2.75) is 63.9 Å². The summed E-state index contributed by atoms with van der Waals surface area (Å²) in [5.74, 6) is 0.303. The Bertz CT molecular complexity index is 1440. The van der Waals surface area contributed by atoms with E-state index in [-0.39, 0.29) is 7.53 Å². The van der Waals surface area contributed by atoms with Crippen LogP contribution < -0.4 is 15.4 Å². The minimum atomic E-state index is -4.35. The summed E-state index contributed by atoms with van der Waals surface area (Å²) in [6, 6.07) is 8.26. The van der Waals surface area contributed by atoms with Gasteiger partial charge in [-0.3, -0.25) is 4.68 Å². The van der Waals surface area contributed by atoms with Gasteiger partial charge in [0.15, 0.2) is 0 Å². The second-order valence-electron chi connectivity index (χ2n) is 9.94. The minimum absolute atomic E-state index is 0. The van der Waals surface area contributed by atoms with Gasteiger partial charge in [0.1, 0.15) is 23.8 Å². The topological polar surface area (TPSA) is 116 Å². The van der Waals surface area contributed by atoms with Gasteiger partial charge in [-0.15, -0.1) is 0 Å². The molecule has 1 aromatic carbocycles. The zero-order valence-corrected chi connectivity index (χ0v) is 23.2. The van der Waals surface area contributed by atoms with E-state index in [1.54, 1.807) is 25.5 Å². The number of nitrogens with zero attached hydrogens (tertiary/aromatic N) is 5. The lowest BCUT2D eigenvalue weighted by atomic mass is 9.93. The molecule has 1 aliphatic carbocycles. The van der Waals surface area contributed by atoms with E-state index < -0.39 is 11.7 Å². The van der Waals surface area contributed by atoms with E-state index in [0.29, 0.717) is 23.9 Å². The Labute approximate surface area is 238 Å². The van der Waals surface area contributed by atoms with Gasteiger partial charge < -0.3 is 20.4 Å². The molecule has 0 amide bonds. The molecule has 4 aromatic rings.